The molecule has 1 heterocycles. The van der Waals surface area contributed by atoms with E-state index in [0.717, 1.165) is 0 Å². The van der Waals surface area contributed by atoms with Crippen molar-refractivity contribution in [3.8, 4) is 6.07 Å². The number of nitrogens with two attached hydrogens (primary N) is 1. The number of nitrogens with zero attached hydrogens (tertiary/aromatic N) is 4. The third kappa shape index (κ3) is 2.91. The Kier molecular flexibility index (Phi) is 3.57. The number of carbonyl (C=O) groups is 1. The van der Waals surface area contributed by atoms with Gasteiger partial charge in [-0.2, -0.15) is 5.26 Å². The van der Waals surface area contributed by atoms with Gasteiger partial charge in [0.2, 0.25) is 0 Å². The molecule has 0 aliphatic carbocycles. The lowest BCUT2D eigenvalue weighted by Gasteiger charge is -2.13. The Morgan fingerprint density at radius 1 is 1.60 bits per heavy atom. The average Bonchev–Trinajstić information content (AvgIpc) is 2.26. The van der Waals surface area contributed by atoms with Crippen LogP contribution in [0.25, 0.3) is 0 Å². The topological polar surface area (TPSA) is 95.9 Å². The monoisotopic (exact) mass is 205 g/mol. The largest absolute Gasteiger partial charge is 0.382 e. The van der Waals surface area contributed by atoms with E-state index in [1.807, 2.05) is 6.07 Å². The molecule has 0 radical (unpaired) electrons. The fourth-order valence-corrected chi connectivity index (χ4v) is 0.971. The van der Waals surface area contributed by atoms with Crippen LogP contribution in [0.15, 0.2) is 12.1 Å². The molecule has 1 rings (SSSR count). The van der Waals surface area contributed by atoms with E-state index in [1.54, 1.807) is 7.05 Å². The van der Waals surface area contributed by atoms with Crippen LogP contribution in [-0.4, -0.2) is 34.6 Å². The lowest BCUT2D eigenvalue weighted by Crippen LogP contribution is -2.28. The number of aromatic nitrogens is 2. The van der Waals surface area contributed by atoms with Crippen LogP contribution in [0.5, 0.6) is 0 Å². The summed E-state index contributed by atoms with van der Waals surface area (Å²) in [5, 5.41) is 15.6. The fourth-order valence-electron chi connectivity index (χ4n) is 0.971. The summed E-state index contributed by atoms with van der Waals surface area (Å²) in [6.45, 7) is 0.376. The highest BCUT2D eigenvalue weighted by Gasteiger charge is 2.12. The second kappa shape index (κ2) is 4.91. The van der Waals surface area contributed by atoms with E-state index >= 15 is 0 Å². The zero-order valence-electron chi connectivity index (χ0n) is 8.34. The molecule has 0 aromatic carbocycles. The minimum atomic E-state index is -0.266. The molecule has 0 aliphatic heterocycles. The predicted octanol–water partition coefficient (Wildman–Crippen LogP) is 0.0445. The van der Waals surface area contributed by atoms with Crippen molar-refractivity contribution in [2.45, 2.75) is 6.42 Å². The van der Waals surface area contributed by atoms with E-state index in [9.17, 15) is 4.79 Å². The summed E-state index contributed by atoms with van der Waals surface area (Å²) < 4.78 is 0. The summed E-state index contributed by atoms with van der Waals surface area (Å²) in [6.07, 6.45) is 0.296. The Morgan fingerprint density at radius 2 is 2.33 bits per heavy atom. The third-order valence-electron chi connectivity index (χ3n) is 1.81. The van der Waals surface area contributed by atoms with Gasteiger partial charge in [-0.1, -0.05) is 0 Å². The molecule has 6 heteroatoms. The molecule has 0 spiro atoms. The number of nitriles is 1. The highest BCUT2D eigenvalue weighted by Crippen LogP contribution is 2.01. The molecule has 1 amide bonds. The number of carbonyl (C=O) groups excluding carboxylic acids is 1. The molecule has 1 aromatic heterocycles. The molecule has 1 aromatic rings. The van der Waals surface area contributed by atoms with Gasteiger partial charge in [0, 0.05) is 13.6 Å². The van der Waals surface area contributed by atoms with Crippen LogP contribution >= 0.6 is 0 Å². The molecular weight excluding hydrogens is 194 g/mol. The van der Waals surface area contributed by atoms with E-state index in [4.69, 9.17) is 11.0 Å². The first kappa shape index (κ1) is 10.9. The Morgan fingerprint density at radius 3 is 2.87 bits per heavy atom. The van der Waals surface area contributed by atoms with Crippen molar-refractivity contribution in [3.05, 3.63) is 17.8 Å². The molecule has 0 saturated carbocycles. The van der Waals surface area contributed by atoms with Gasteiger partial charge in [-0.3, -0.25) is 4.79 Å². The van der Waals surface area contributed by atoms with Gasteiger partial charge in [-0.15, -0.1) is 10.2 Å². The van der Waals surface area contributed by atoms with Gasteiger partial charge < -0.3 is 10.6 Å². The first-order valence-electron chi connectivity index (χ1n) is 4.36. The van der Waals surface area contributed by atoms with Gasteiger partial charge in [-0.05, 0) is 12.1 Å². The fraction of sp³-hybridized carbons (Fsp3) is 0.333. The average molecular weight is 205 g/mol. The molecule has 0 unspecified atom stereocenters. The standard InChI is InChI=1S/C9H11N5O/c1-14(6-2-5-10)9(15)7-3-4-8(11)13-12-7/h3-4H,2,6H2,1H3,(H2,11,13). The van der Waals surface area contributed by atoms with Crippen molar-refractivity contribution in [1.82, 2.24) is 15.1 Å². The van der Waals surface area contributed by atoms with Crippen molar-refractivity contribution < 1.29 is 4.79 Å². The minimum absolute atomic E-state index is 0.227. The van der Waals surface area contributed by atoms with Crippen molar-refractivity contribution in [2.75, 3.05) is 19.3 Å². The number of hydrogen-bond acceptors (Lipinski definition) is 5. The quantitative estimate of drug-likeness (QED) is 0.751. The van der Waals surface area contributed by atoms with E-state index in [1.165, 1.54) is 17.0 Å². The van der Waals surface area contributed by atoms with Crippen molar-refractivity contribution >= 4 is 11.7 Å². The predicted molar refractivity (Wildman–Crippen MR) is 53.6 cm³/mol. The zero-order chi connectivity index (χ0) is 11.3. The summed E-state index contributed by atoms with van der Waals surface area (Å²) >= 11 is 0. The maximum atomic E-state index is 11.6. The van der Waals surface area contributed by atoms with E-state index in [0.29, 0.717) is 13.0 Å². The first-order chi connectivity index (χ1) is 7.15. The van der Waals surface area contributed by atoms with Gasteiger partial charge in [0.05, 0.1) is 12.5 Å². The molecule has 6 nitrogen and oxygen atoms in total. The van der Waals surface area contributed by atoms with E-state index in [2.05, 4.69) is 10.2 Å². The molecule has 0 bridgehead atoms. The van der Waals surface area contributed by atoms with Crippen LogP contribution in [0.3, 0.4) is 0 Å². The molecule has 0 saturated heterocycles. The third-order valence-corrected chi connectivity index (χ3v) is 1.81. The van der Waals surface area contributed by atoms with Gasteiger partial charge >= 0.3 is 0 Å². The second-order valence-electron chi connectivity index (χ2n) is 2.98. The highest BCUT2D eigenvalue weighted by molar-refractivity contribution is 5.92. The SMILES string of the molecule is CN(CCC#N)C(=O)c1ccc(N)nn1. The second-order valence-corrected chi connectivity index (χ2v) is 2.98. The first-order valence-corrected chi connectivity index (χ1v) is 4.36. The van der Waals surface area contributed by atoms with Gasteiger partial charge in [-0.25, -0.2) is 0 Å². The number of anilines is 1. The van der Waals surface area contributed by atoms with Crippen molar-refractivity contribution in [2.24, 2.45) is 0 Å². The Hall–Kier alpha value is -2.16. The number of amides is 1. The Balaban J connectivity index is 2.68. The number of nitrogen functional groups attached to an aromatic ring is 1. The van der Waals surface area contributed by atoms with Crippen molar-refractivity contribution in [1.29, 1.82) is 5.26 Å². The molecule has 0 aliphatic rings. The molecular formula is C9H11N5O. The number of rotatable bonds is 3. The minimum Gasteiger partial charge on any atom is -0.382 e. The van der Waals surface area contributed by atoms with E-state index < -0.39 is 0 Å². The number of hydrogen-bond donors (Lipinski definition) is 1. The van der Waals surface area contributed by atoms with Gasteiger partial charge in [0.25, 0.3) is 5.91 Å². The molecule has 0 fully saturated rings. The van der Waals surface area contributed by atoms with Crippen LogP contribution in [0, 0.1) is 11.3 Å². The maximum Gasteiger partial charge on any atom is 0.274 e. The van der Waals surface area contributed by atoms with Crippen molar-refractivity contribution in [3.63, 3.8) is 0 Å². The van der Waals surface area contributed by atoms with Crippen LogP contribution in [0.2, 0.25) is 0 Å². The van der Waals surface area contributed by atoms with Crippen LogP contribution in [-0.2, 0) is 0 Å². The van der Waals surface area contributed by atoms with Gasteiger partial charge in [0.15, 0.2) is 5.69 Å². The molecule has 78 valence electrons. The summed E-state index contributed by atoms with van der Waals surface area (Å²) in [5.74, 6) is 0.00368. The summed E-state index contributed by atoms with van der Waals surface area (Å²) in [7, 11) is 1.61. The lowest BCUT2D eigenvalue weighted by atomic mass is 10.3. The lowest BCUT2D eigenvalue weighted by molar-refractivity contribution is 0.0791. The van der Waals surface area contributed by atoms with Crippen LogP contribution in [0.1, 0.15) is 16.9 Å². The van der Waals surface area contributed by atoms with Gasteiger partial charge in [0.1, 0.15) is 5.82 Å². The Labute approximate surface area is 87.3 Å². The molecule has 2 N–H and O–H groups in total. The molecule has 0 atom stereocenters. The van der Waals surface area contributed by atoms with E-state index in [-0.39, 0.29) is 17.4 Å². The Bertz CT molecular complexity index is 380. The summed E-state index contributed by atoms with van der Waals surface area (Å²) in [5.41, 5.74) is 5.57. The highest BCUT2D eigenvalue weighted by atomic mass is 16.2. The van der Waals surface area contributed by atoms with Crippen LogP contribution < -0.4 is 5.73 Å². The summed E-state index contributed by atoms with van der Waals surface area (Å²) in [4.78, 5) is 13.1. The smallest absolute Gasteiger partial charge is 0.274 e. The van der Waals surface area contributed by atoms with Crippen LogP contribution in [0.4, 0.5) is 5.82 Å². The summed E-state index contributed by atoms with van der Waals surface area (Å²) in [6, 6.07) is 4.98. The molecule has 15 heavy (non-hydrogen) atoms. The zero-order valence-corrected chi connectivity index (χ0v) is 8.34. The normalized spacial score (nSPS) is 9.33. The maximum absolute atomic E-state index is 11.6.